The zero-order valence-corrected chi connectivity index (χ0v) is 13.5. The highest BCUT2D eigenvalue weighted by molar-refractivity contribution is 6.31. The molecule has 4 heteroatoms. The molecule has 1 aromatic rings. The molecule has 0 amide bonds. The van der Waals surface area contributed by atoms with Crippen LogP contribution >= 0.6 is 11.6 Å². The van der Waals surface area contributed by atoms with Crippen LogP contribution in [-0.2, 0) is 9.47 Å². The largest absolute Gasteiger partial charge is 0.376 e. The van der Waals surface area contributed by atoms with Gasteiger partial charge in [0, 0.05) is 17.1 Å². The second kappa shape index (κ2) is 10.2. The van der Waals surface area contributed by atoms with E-state index in [2.05, 4.69) is 12.2 Å². The minimum atomic E-state index is -0.0361. The average molecular weight is 300 g/mol. The lowest BCUT2D eigenvalue weighted by Gasteiger charge is -2.20. The Hall–Kier alpha value is -0.610. The van der Waals surface area contributed by atoms with Crippen LogP contribution in [0, 0.1) is 0 Å². The third kappa shape index (κ3) is 6.71. The summed E-state index contributed by atoms with van der Waals surface area (Å²) in [4.78, 5) is 0. The van der Waals surface area contributed by atoms with Crippen molar-refractivity contribution >= 4 is 11.6 Å². The molecule has 0 fully saturated rings. The second-order valence-corrected chi connectivity index (χ2v) is 5.41. The van der Waals surface area contributed by atoms with Crippen LogP contribution in [0.1, 0.15) is 38.9 Å². The summed E-state index contributed by atoms with van der Waals surface area (Å²) >= 11 is 6.26. The van der Waals surface area contributed by atoms with Gasteiger partial charge in [0.25, 0.3) is 0 Å². The zero-order chi connectivity index (χ0) is 14.8. The highest BCUT2D eigenvalue weighted by atomic mass is 35.5. The molecular formula is C16H26ClNO2. The van der Waals surface area contributed by atoms with Gasteiger partial charge >= 0.3 is 0 Å². The number of hydrogen-bond donors (Lipinski definition) is 1. The van der Waals surface area contributed by atoms with Gasteiger partial charge in [-0.2, -0.15) is 0 Å². The summed E-state index contributed by atoms with van der Waals surface area (Å²) in [6, 6.07) is 7.84. The molecule has 1 N–H and O–H groups in total. The Labute approximate surface area is 127 Å². The molecule has 0 aliphatic rings. The van der Waals surface area contributed by atoms with Crippen LogP contribution in [0.3, 0.4) is 0 Å². The van der Waals surface area contributed by atoms with E-state index < -0.39 is 0 Å². The van der Waals surface area contributed by atoms with Crippen molar-refractivity contribution in [2.45, 2.75) is 39.4 Å². The molecule has 0 saturated carbocycles. The molecule has 1 aromatic carbocycles. The van der Waals surface area contributed by atoms with Crippen molar-refractivity contribution in [2.75, 3.05) is 26.3 Å². The first kappa shape index (κ1) is 17.4. The number of rotatable bonds is 10. The molecule has 0 aliphatic heterocycles. The minimum Gasteiger partial charge on any atom is -0.376 e. The predicted octanol–water partition coefficient (Wildman–Crippen LogP) is 3.82. The van der Waals surface area contributed by atoms with E-state index in [0.29, 0.717) is 13.2 Å². The molecule has 1 atom stereocenters. The quantitative estimate of drug-likeness (QED) is 0.666. The fraction of sp³-hybridized carbons (Fsp3) is 0.625. The first-order valence-corrected chi connectivity index (χ1v) is 7.71. The Kier molecular flexibility index (Phi) is 8.86. The fourth-order valence-electron chi connectivity index (χ4n) is 1.88. The summed E-state index contributed by atoms with van der Waals surface area (Å²) in [7, 11) is 0. The number of nitrogens with one attached hydrogen (secondary N) is 1. The Morgan fingerprint density at radius 2 is 1.85 bits per heavy atom. The van der Waals surface area contributed by atoms with Gasteiger partial charge in [0.2, 0.25) is 0 Å². The first-order valence-electron chi connectivity index (χ1n) is 7.33. The third-order valence-corrected chi connectivity index (χ3v) is 3.21. The Bertz CT molecular complexity index is 371. The summed E-state index contributed by atoms with van der Waals surface area (Å²) in [6.07, 6.45) is 1.30. The monoisotopic (exact) mass is 299 g/mol. The molecule has 3 nitrogen and oxygen atoms in total. The third-order valence-electron chi connectivity index (χ3n) is 2.86. The van der Waals surface area contributed by atoms with Crippen LogP contribution in [0.25, 0.3) is 0 Å². The Morgan fingerprint density at radius 3 is 2.50 bits per heavy atom. The number of benzene rings is 1. The molecule has 0 radical (unpaired) electrons. The van der Waals surface area contributed by atoms with Crippen LogP contribution < -0.4 is 5.32 Å². The topological polar surface area (TPSA) is 30.5 Å². The van der Waals surface area contributed by atoms with E-state index in [9.17, 15) is 0 Å². The summed E-state index contributed by atoms with van der Waals surface area (Å²) in [5, 5.41) is 4.14. The van der Waals surface area contributed by atoms with Gasteiger partial charge in [-0.25, -0.2) is 0 Å². The lowest BCUT2D eigenvalue weighted by Crippen LogP contribution is -2.25. The first-order chi connectivity index (χ1) is 9.65. The van der Waals surface area contributed by atoms with Crippen molar-refractivity contribution in [1.82, 2.24) is 5.32 Å². The summed E-state index contributed by atoms with van der Waals surface area (Å²) in [6.45, 7) is 9.11. The van der Waals surface area contributed by atoms with Gasteiger partial charge in [0.1, 0.15) is 0 Å². The summed E-state index contributed by atoms with van der Waals surface area (Å²) in [5.41, 5.74) is 1.03. The SMILES string of the molecule is CCCNCC(OCCOC(C)C)c1ccccc1Cl. The van der Waals surface area contributed by atoms with Crippen LogP contribution in [0.5, 0.6) is 0 Å². The van der Waals surface area contributed by atoms with Gasteiger partial charge in [-0.15, -0.1) is 0 Å². The number of hydrogen-bond acceptors (Lipinski definition) is 3. The molecule has 0 bridgehead atoms. The molecule has 1 rings (SSSR count). The maximum Gasteiger partial charge on any atom is 0.0964 e. The van der Waals surface area contributed by atoms with Crippen molar-refractivity contribution in [3.8, 4) is 0 Å². The van der Waals surface area contributed by atoms with E-state index in [1.165, 1.54) is 0 Å². The predicted molar refractivity (Wildman–Crippen MR) is 84.4 cm³/mol. The molecule has 0 aliphatic carbocycles. The van der Waals surface area contributed by atoms with Gasteiger partial charge in [-0.1, -0.05) is 36.7 Å². The van der Waals surface area contributed by atoms with Gasteiger partial charge in [-0.3, -0.25) is 0 Å². The summed E-state index contributed by atoms with van der Waals surface area (Å²) in [5.74, 6) is 0. The highest BCUT2D eigenvalue weighted by Gasteiger charge is 2.14. The van der Waals surface area contributed by atoms with E-state index in [1.807, 2.05) is 38.1 Å². The van der Waals surface area contributed by atoms with E-state index in [0.717, 1.165) is 30.1 Å². The maximum absolute atomic E-state index is 6.26. The van der Waals surface area contributed by atoms with Crippen molar-refractivity contribution in [1.29, 1.82) is 0 Å². The molecule has 0 saturated heterocycles. The van der Waals surface area contributed by atoms with Crippen molar-refractivity contribution in [3.63, 3.8) is 0 Å². The van der Waals surface area contributed by atoms with Crippen LogP contribution in [0.2, 0.25) is 5.02 Å². The van der Waals surface area contributed by atoms with Crippen LogP contribution in [-0.4, -0.2) is 32.4 Å². The minimum absolute atomic E-state index is 0.0361. The van der Waals surface area contributed by atoms with Crippen molar-refractivity contribution < 1.29 is 9.47 Å². The van der Waals surface area contributed by atoms with E-state index in [-0.39, 0.29) is 12.2 Å². The lowest BCUT2D eigenvalue weighted by atomic mass is 10.1. The second-order valence-electron chi connectivity index (χ2n) is 5.00. The van der Waals surface area contributed by atoms with Gasteiger partial charge in [0.15, 0.2) is 0 Å². The standard InChI is InChI=1S/C16H26ClNO2/c1-4-9-18-12-16(20-11-10-19-13(2)3)14-7-5-6-8-15(14)17/h5-8,13,16,18H,4,9-12H2,1-3H3. The number of halogens is 1. The average Bonchev–Trinajstić information content (AvgIpc) is 2.42. The smallest absolute Gasteiger partial charge is 0.0964 e. The van der Waals surface area contributed by atoms with Crippen molar-refractivity contribution in [2.24, 2.45) is 0 Å². The van der Waals surface area contributed by atoms with E-state index in [4.69, 9.17) is 21.1 Å². The summed E-state index contributed by atoms with van der Waals surface area (Å²) < 4.78 is 11.4. The maximum atomic E-state index is 6.26. The van der Waals surface area contributed by atoms with E-state index in [1.54, 1.807) is 0 Å². The zero-order valence-electron chi connectivity index (χ0n) is 12.7. The van der Waals surface area contributed by atoms with Gasteiger partial charge in [-0.05, 0) is 32.9 Å². The molecule has 20 heavy (non-hydrogen) atoms. The molecule has 0 spiro atoms. The van der Waals surface area contributed by atoms with Crippen LogP contribution in [0.4, 0.5) is 0 Å². The Morgan fingerprint density at radius 1 is 1.15 bits per heavy atom. The molecule has 114 valence electrons. The van der Waals surface area contributed by atoms with Crippen molar-refractivity contribution in [3.05, 3.63) is 34.9 Å². The highest BCUT2D eigenvalue weighted by Crippen LogP contribution is 2.25. The lowest BCUT2D eigenvalue weighted by molar-refractivity contribution is -0.0129. The molecular weight excluding hydrogens is 274 g/mol. The molecule has 0 heterocycles. The van der Waals surface area contributed by atoms with Gasteiger partial charge < -0.3 is 14.8 Å². The van der Waals surface area contributed by atoms with E-state index >= 15 is 0 Å². The normalized spacial score (nSPS) is 12.8. The fourth-order valence-corrected chi connectivity index (χ4v) is 2.14. The Balaban J connectivity index is 2.54. The molecule has 0 aromatic heterocycles. The van der Waals surface area contributed by atoms with Gasteiger partial charge in [0.05, 0.1) is 25.4 Å². The molecule has 1 unspecified atom stereocenters. The number of ether oxygens (including phenoxy) is 2. The van der Waals surface area contributed by atoms with Crippen LogP contribution in [0.15, 0.2) is 24.3 Å².